The summed E-state index contributed by atoms with van der Waals surface area (Å²) in [6.45, 7) is 15.3. The maximum Gasteiger partial charge on any atom is 4.00 e. The Hall–Kier alpha value is -0.140. The average Bonchev–Trinajstić information content (AvgIpc) is 3.01. The minimum atomic E-state index is 0. The van der Waals surface area contributed by atoms with Crippen molar-refractivity contribution >= 4 is 15.6 Å². The van der Waals surface area contributed by atoms with Gasteiger partial charge in [0.1, 0.15) is 0 Å². The van der Waals surface area contributed by atoms with E-state index < -0.39 is 0 Å². The molecule has 0 aliphatic heterocycles. The van der Waals surface area contributed by atoms with E-state index in [-0.39, 0.29) is 51.0 Å². The molecule has 1 unspecified atom stereocenters. The van der Waals surface area contributed by atoms with Crippen molar-refractivity contribution in [2.24, 2.45) is 0 Å². The van der Waals surface area contributed by atoms with Crippen LogP contribution in [0.5, 0.6) is 0 Å². The molecule has 1 radical (unpaired) electrons. The van der Waals surface area contributed by atoms with Gasteiger partial charge in [-0.3, -0.25) is 0 Å². The molecule has 1 atom stereocenters. The zero-order valence-electron chi connectivity index (χ0n) is 17.0. The number of fused-ring (bicyclic) bond motifs is 1. The molecule has 0 spiro atoms. The van der Waals surface area contributed by atoms with Crippen molar-refractivity contribution < 1.29 is 51.0 Å². The van der Waals surface area contributed by atoms with E-state index in [4.69, 9.17) is 0 Å². The SMILES string of the molecule is CC1C=CC=Cc2[cH-]ccc21.C[SiH]C.Cc1[cH-]c(C)c(C)c1C.[Cl-].[Cl-].[Zr+4]. The molecular weight excluding hydrogens is 454 g/mol. The van der Waals surface area contributed by atoms with Gasteiger partial charge in [-0.2, -0.15) is 51.6 Å². The Labute approximate surface area is 195 Å². The Kier molecular flexibility index (Phi) is 18.7. The third-order valence-corrected chi connectivity index (χ3v) is 4.34. The molecule has 0 N–H and O–H groups in total. The molecule has 0 saturated carbocycles. The Morgan fingerprint density at radius 3 is 1.85 bits per heavy atom. The molecule has 0 bridgehead atoms. The third-order valence-electron chi connectivity index (χ3n) is 4.34. The van der Waals surface area contributed by atoms with Crippen LogP contribution < -0.4 is 24.8 Å². The van der Waals surface area contributed by atoms with E-state index in [2.05, 4.69) is 96.3 Å². The van der Waals surface area contributed by atoms with Gasteiger partial charge in [-0.15, -0.1) is 18.2 Å². The number of hydrogen-bond donors (Lipinski definition) is 0. The first-order chi connectivity index (χ1) is 10.9. The fraction of sp³-hybridized carbons (Fsp3) is 0.364. The number of aryl methyl sites for hydroxylation is 2. The molecule has 0 aromatic heterocycles. The van der Waals surface area contributed by atoms with Gasteiger partial charge in [0.05, 0.1) is 0 Å². The minimum Gasteiger partial charge on any atom is -1.00 e. The second-order valence-corrected chi connectivity index (χ2v) is 7.46. The van der Waals surface area contributed by atoms with E-state index in [9.17, 15) is 0 Å². The summed E-state index contributed by atoms with van der Waals surface area (Å²) in [5, 5.41) is 0. The van der Waals surface area contributed by atoms with Gasteiger partial charge in [0.2, 0.25) is 0 Å². The van der Waals surface area contributed by atoms with Crippen LogP contribution in [0.1, 0.15) is 46.2 Å². The molecule has 26 heavy (non-hydrogen) atoms. The molecular formula is C22H31Cl2SiZr. The summed E-state index contributed by atoms with van der Waals surface area (Å²) in [4.78, 5) is 0. The summed E-state index contributed by atoms with van der Waals surface area (Å²) in [5.41, 5.74) is 8.55. The van der Waals surface area contributed by atoms with Crippen LogP contribution in [0.25, 0.3) is 6.08 Å². The van der Waals surface area contributed by atoms with Crippen molar-refractivity contribution in [1.29, 1.82) is 0 Å². The second-order valence-electron chi connectivity index (χ2n) is 6.31. The van der Waals surface area contributed by atoms with E-state index in [0.29, 0.717) is 5.92 Å². The van der Waals surface area contributed by atoms with Crippen molar-refractivity contribution in [3.63, 3.8) is 0 Å². The fourth-order valence-corrected chi connectivity index (χ4v) is 2.64. The van der Waals surface area contributed by atoms with Crippen molar-refractivity contribution in [2.75, 3.05) is 0 Å². The van der Waals surface area contributed by atoms with Crippen LogP contribution in [-0.2, 0) is 26.2 Å². The van der Waals surface area contributed by atoms with Crippen LogP contribution in [-0.4, -0.2) is 9.52 Å². The van der Waals surface area contributed by atoms with E-state index >= 15 is 0 Å². The smallest absolute Gasteiger partial charge is 1.00 e. The maximum atomic E-state index is 2.24. The van der Waals surface area contributed by atoms with Crippen molar-refractivity contribution in [3.05, 3.63) is 75.9 Å². The van der Waals surface area contributed by atoms with Gasteiger partial charge < -0.3 is 24.8 Å². The molecule has 0 amide bonds. The Bertz CT molecular complexity index is 643. The Morgan fingerprint density at radius 2 is 1.42 bits per heavy atom. The van der Waals surface area contributed by atoms with Crippen LogP contribution in [0.2, 0.25) is 13.1 Å². The molecule has 0 fully saturated rings. The standard InChI is InChI=1S/C11H11.C9H13.C2H7Si.2ClH.Zr/c1-9-5-2-3-6-10-7-4-8-11(9)10;1-6-5-7(2)9(4)8(6)3;1-3-2;;;/h2-9H,1H3;5H,1-4H3;3H,1-2H3;2*1H;/q2*-1;;;;+4/p-2. The summed E-state index contributed by atoms with van der Waals surface area (Å²) >= 11 is 0. The van der Waals surface area contributed by atoms with E-state index in [1.54, 1.807) is 0 Å². The summed E-state index contributed by atoms with van der Waals surface area (Å²) < 4.78 is 0. The molecule has 141 valence electrons. The molecule has 0 saturated heterocycles. The first-order valence-electron chi connectivity index (χ1n) is 8.46. The monoisotopic (exact) mass is 483 g/mol. The average molecular weight is 486 g/mol. The van der Waals surface area contributed by atoms with Gasteiger partial charge in [-0.1, -0.05) is 59.9 Å². The Morgan fingerprint density at radius 1 is 0.923 bits per heavy atom. The number of hydrogen-bond acceptors (Lipinski definition) is 0. The van der Waals surface area contributed by atoms with Crippen LogP contribution in [0, 0.1) is 27.7 Å². The van der Waals surface area contributed by atoms with Crippen LogP contribution in [0.15, 0.2) is 42.5 Å². The third kappa shape index (κ3) is 9.18. The van der Waals surface area contributed by atoms with Crippen molar-refractivity contribution in [2.45, 2.75) is 53.6 Å². The van der Waals surface area contributed by atoms with E-state index in [1.807, 2.05) is 0 Å². The molecule has 4 heteroatoms. The number of rotatable bonds is 0. The van der Waals surface area contributed by atoms with Gasteiger partial charge >= 0.3 is 26.2 Å². The molecule has 2 aromatic rings. The zero-order valence-corrected chi connectivity index (χ0v) is 22.2. The van der Waals surface area contributed by atoms with Crippen LogP contribution >= 0.6 is 0 Å². The summed E-state index contributed by atoms with van der Waals surface area (Å²) in [6.07, 6.45) is 8.60. The first kappa shape index (κ1) is 30.6. The van der Waals surface area contributed by atoms with E-state index in [0.717, 1.165) is 9.52 Å². The van der Waals surface area contributed by atoms with E-state index in [1.165, 1.54) is 33.4 Å². The molecule has 0 nitrogen and oxygen atoms in total. The zero-order chi connectivity index (χ0) is 17.4. The minimum absolute atomic E-state index is 0. The summed E-state index contributed by atoms with van der Waals surface area (Å²) in [5.74, 6) is 0.565. The largest absolute Gasteiger partial charge is 4.00 e. The van der Waals surface area contributed by atoms with Crippen LogP contribution in [0.3, 0.4) is 0 Å². The number of allylic oxidation sites excluding steroid dienone is 3. The van der Waals surface area contributed by atoms with Gasteiger partial charge in [0, 0.05) is 9.52 Å². The predicted molar refractivity (Wildman–Crippen MR) is 108 cm³/mol. The molecule has 2 aromatic carbocycles. The normalized spacial score (nSPS) is 13.3. The quantitative estimate of drug-likeness (QED) is 0.371. The Balaban J connectivity index is -0.000000326. The first-order valence-corrected chi connectivity index (χ1v) is 10.8. The topological polar surface area (TPSA) is 0 Å². The summed E-state index contributed by atoms with van der Waals surface area (Å²) in [7, 11) is 0.750. The molecule has 1 aliphatic rings. The van der Waals surface area contributed by atoms with Crippen molar-refractivity contribution in [1.82, 2.24) is 0 Å². The van der Waals surface area contributed by atoms with Gasteiger partial charge in [0.15, 0.2) is 0 Å². The molecule has 3 rings (SSSR count). The molecule has 1 aliphatic carbocycles. The number of halogens is 2. The summed E-state index contributed by atoms with van der Waals surface area (Å²) in [6, 6.07) is 8.71. The fourth-order valence-electron chi connectivity index (χ4n) is 2.64. The maximum absolute atomic E-state index is 2.24. The predicted octanol–water partition coefficient (Wildman–Crippen LogP) is 0.256. The van der Waals surface area contributed by atoms with Crippen molar-refractivity contribution in [3.8, 4) is 0 Å². The second kappa shape index (κ2) is 15.9. The van der Waals surface area contributed by atoms with Gasteiger partial charge in [-0.05, 0) is 5.92 Å². The van der Waals surface area contributed by atoms with Gasteiger partial charge in [0.25, 0.3) is 0 Å². The molecule has 0 heterocycles. The van der Waals surface area contributed by atoms with Gasteiger partial charge in [-0.25, -0.2) is 0 Å². The van der Waals surface area contributed by atoms with Crippen LogP contribution in [0.4, 0.5) is 0 Å².